The highest BCUT2D eigenvalue weighted by atomic mass is 32.2. The van der Waals surface area contributed by atoms with Gasteiger partial charge in [0, 0.05) is 38.6 Å². The topological polar surface area (TPSA) is 90.0 Å². The van der Waals surface area contributed by atoms with Crippen LogP contribution >= 0.6 is 70.6 Å². The van der Waals surface area contributed by atoms with Gasteiger partial charge in [-0.15, -0.1) is 22.7 Å². The maximum Gasteiger partial charge on any atom is 0.266 e. The summed E-state index contributed by atoms with van der Waals surface area (Å²) in [6.07, 6.45) is 3.70. The van der Waals surface area contributed by atoms with Gasteiger partial charge in [-0.1, -0.05) is 169 Å². The van der Waals surface area contributed by atoms with E-state index >= 15 is 9.59 Å². The van der Waals surface area contributed by atoms with Crippen LogP contribution in [0.2, 0.25) is 0 Å². The number of thiophene rings is 2. The molecule has 12 rings (SSSR count). The smallest absolute Gasteiger partial charge is 0.266 e. The molecule has 8 nitrogen and oxygen atoms in total. The molecule has 0 aliphatic carbocycles. The predicted octanol–water partition coefficient (Wildman–Crippen LogP) is 11.2. The zero-order valence-electron chi connectivity index (χ0n) is 34.5. The first-order valence-corrected chi connectivity index (χ1v) is 25.0. The van der Waals surface area contributed by atoms with Crippen molar-refractivity contribution in [2.24, 2.45) is 0 Å². The van der Waals surface area contributed by atoms with Crippen LogP contribution in [0.15, 0.2) is 154 Å². The van der Waals surface area contributed by atoms with Crippen molar-refractivity contribution in [2.45, 2.75) is 6.92 Å². The molecule has 318 valence electrons. The molecule has 4 amide bonds. The second kappa shape index (κ2) is 15.8. The van der Waals surface area contributed by atoms with Gasteiger partial charge in [0.15, 0.2) is 0 Å². The second-order valence-corrected chi connectivity index (χ2v) is 21.3. The van der Waals surface area contributed by atoms with E-state index in [1.807, 2.05) is 146 Å². The molecule has 6 aliphatic rings. The normalized spacial score (nSPS) is 19.0. The number of nitrogens with one attached hydrogen (secondary N) is 1. The maximum atomic E-state index is 16.0. The van der Waals surface area contributed by atoms with Gasteiger partial charge in [-0.3, -0.25) is 33.9 Å². The number of fused-ring (bicyclic) bond motifs is 7. The Hall–Kier alpha value is -6.52. The molecule has 4 aromatic carbocycles. The van der Waals surface area contributed by atoms with Crippen molar-refractivity contribution in [3.8, 4) is 0 Å². The molecule has 66 heavy (non-hydrogen) atoms. The fourth-order valence-electron chi connectivity index (χ4n) is 9.31. The number of hydrogen-bond donors (Lipinski definition) is 1. The average Bonchev–Trinajstić information content (AvgIpc) is 4.18. The molecule has 6 aliphatic heterocycles. The van der Waals surface area contributed by atoms with E-state index in [4.69, 9.17) is 24.4 Å². The number of benzene rings is 4. The third-order valence-corrected chi connectivity index (χ3v) is 16.7. The van der Waals surface area contributed by atoms with E-state index in [-0.39, 0.29) is 23.6 Å². The number of hydrogen-bond acceptors (Lipinski definition) is 10. The molecule has 0 saturated carbocycles. The lowest BCUT2D eigenvalue weighted by molar-refractivity contribution is -0.122. The Morgan fingerprint density at radius 2 is 0.939 bits per heavy atom. The minimum atomic E-state index is -0.326. The summed E-state index contributed by atoms with van der Waals surface area (Å²) in [4.78, 5) is 67.8. The summed E-state index contributed by atoms with van der Waals surface area (Å²) in [6, 6.07) is 43.7. The maximum absolute atomic E-state index is 16.0. The summed E-state index contributed by atoms with van der Waals surface area (Å²) >= 11 is 16.3. The number of nitrogens with zero attached hydrogens (tertiary/aromatic N) is 3. The van der Waals surface area contributed by atoms with Crippen LogP contribution in [0.1, 0.15) is 59.8 Å². The highest BCUT2D eigenvalue weighted by molar-refractivity contribution is 8.27. The first-order chi connectivity index (χ1) is 32.2. The van der Waals surface area contributed by atoms with E-state index in [1.165, 1.54) is 46.2 Å². The highest BCUT2D eigenvalue weighted by Crippen LogP contribution is 2.61. The van der Waals surface area contributed by atoms with E-state index in [0.29, 0.717) is 58.9 Å². The van der Waals surface area contributed by atoms with Crippen LogP contribution in [0.25, 0.3) is 46.1 Å². The summed E-state index contributed by atoms with van der Waals surface area (Å²) < 4.78 is 0.890. The van der Waals surface area contributed by atoms with Crippen LogP contribution in [0.5, 0.6) is 0 Å². The Bertz CT molecular complexity index is 3430. The fraction of sp³-hybridized carbons (Fsp3) is 0.0385. The molecule has 8 heterocycles. The van der Waals surface area contributed by atoms with E-state index in [9.17, 15) is 9.59 Å². The Kier molecular flexibility index (Phi) is 9.82. The molecule has 1 N–H and O–H groups in total. The lowest BCUT2D eigenvalue weighted by Gasteiger charge is -2.35. The summed E-state index contributed by atoms with van der Waals surface area (Å²) in [5, 5.41) is 2.72. The van der Waals surface area contributed by atoms with Crippen LogP contribution in [0.4, 0.5) is 0 Å². The molecule has 0 unspecified atom stereocenters. The molecule has 6 aromatic rings. The largest absolute Gasteiger partial charge is 0.307 e. The lowest BCUT2D eigenvalue weighted by Crippen LogP contribution is -2.32. The molecule has 0 atom stereocenters. The van der Waals surface area contributed by atoms with Gasteiger partial charge in [0.25, 0.3) is 23.6 Å². The summed E-state index contributed by atoms with van der Waals surface area (Å²) in [5.74, 6) is -1.07. The van der Waals surface area contributed by atoms with Crippen LogP contribution in [0.3, 0.4) is 0 Å². The first-order valence-electron chi connectivity index (χ1n) is 20.9. The van der Waals surface area contributed by atoms with Crippen molar-refractivity contribution in [3.05, 3.63) is 207 Å². The minimum absolute atomic E-state index is 0.150. The number of carbonyl (C=O) groups excluding carboxylic acids is 4. The quantitative estimate of drug-likeness (QED) is 0.125. The molecule has 2 aromatic heterocycles. The number of amides is 4. The Morgan fingerprint density at radius 1 is 0.515 bits per heavy atom. The van der Waals surface area contributed by atoms with Crippen LogP contribution in [-0.2, 0) is 19.2 Å². The van der Waals surface area contributed by atoms with Crippen LogP contribution in [-0.4, -0.2) is 53.5 Å². The van der Waals surface area contributed by atoms with Gasteiger partial charge in [-0.25, -0.2) is 0 Å². The first kappa shape index (κ1) is 40.9. The molecule has 0 bridgehead atoms. The third-order valence-electron chi connectivity index (χ3n) is 12.0. The predicted molar refractivity (Wildman–Crippen MR) is 276 cm³/mol. The van der Waals surface area contributed by atoms with E-state index in [1.54, 1.807) is 14.7 Å². The third kappa shape index (κ3) is 6.24. The fourth-order valence-corrected chi connectivity index (χ4v) is 14.2. The molecule has 2 fully saturated rings. The number of rotatable bonds is 7. The highest BCUT2D eigenvalue weighted by Gasteiger charge is 2.55. The number of carbonyl (C=O) groups is 4. The van der Waals surface area contributed by atoms with Crippen molar-refractivity contribution in [3.63, 3.8) is 0 Å². The van der Waals surface area contributed by atoms with Crippen LogP contribution in [0, 0.1) is 0 Å². The Labute approximate surface area is 406 Å². The average molecular weight is 967 g/mol. The summed E-state index contributed by atoms with van der Waals surface area (Å²) in [6.45, 7) is 2.37. The van der Waals surface area contributed by atoms with Gasteiger partial charge in [-0.05, 0) is 53.5 Å². The Morgan fingerprint density at radius 3 is 1.33 bits per heavy atom. The molecule has 0 spiro atoms. The van der Waals surface area contributed by atoms with Crippen LogP contribution < -0.4 is 5.32 Å². The van der Waals surface area contributed by atoms with Gasteiger partial charge in [-0.2, -0.15) is 0 Å². The lowest BCUT2D eigenvalue weighted by atomic mass is 9.88. The zero-order chi connectivity index (χ0) is 45.0. The second-order valence-electron chi connectivity index (χ2n) is 15.7. The van der Waals surface area contributed by atoms with Crippen molar-refractivity contribution in [2.75, 3.05) is 6.54 Å². The molecular weight excluding hydrogens is 937 g/mol. The van der Waals surface area contributed by atoms with Crippen molar-refractivity contribution in [1.29, 1.82) is 0 Å². The van der Waals surface area contributed by atoms with Crippen molar-refractivity contribution >= 4 is 149 Å². The molecule has 0 radical (unpaired) electrons. The molecular formula is C52H30N4O4S6. The zero-order valence-corrected chi connectivity index (χ0v) is 39.4. The van der Waals surface area contributed by atoms with Gasteiger partial charge in [0.1, 0.15) is 8.64 Å². The molecule has 2 saturated heterocycles. The van der Waals surface area contributed by atoms with Crippen molar-refractivity contribution in [1.82, 2.24) is 20.0 Å². The molecule has 14 heteroatoms. The van der Waals surface area contributed by atoms with Gasteiger partial charge >= 0.3 is 0 Å². The van der Waals surface area contributed by atoms with Gasteiger partial charge < -0.3 is 5.32 Å². The SMILES string of the molecule is CCN1C(=O)/C(=C\c2cc3c(s2)C2=C4C(=O)N5C(c6ccccc6)=C(c6ccccc6)c6cc(/C=C7/SC(=S)NC7=O)sc6C5=C4C(=O)N2C(c2ccccc2)=C3c2ccccc2)SC1=S. The Balaban J connectivity index is 1.17. The van der Waals surface area contributed by atoms with Crippen molar-refractivity contribution < 1.29 is 19.2 Å². The number of thiocarbonyl (C=S) groups is 2. The summed E-state index contributed by atoms with van der Waals surface area (Å²) in [7, 11) is 0. The van der Waals surface area contributed by atoms with E-state index in [0.717, 1.165) is 64.0 Å². The summed E-state index contributed by atoms with van der Waals surface area (Å²) in [5.41, 5.74) is 9.65. The van der Waals surface area contributed by atoms with E-state index in [2.05, 4.69) is 11.4 Å². The number of thioether (sulfide) groups is 2. The van der Waals surface area contributed by atoms with Gasteiger partial charge in [0.05, 0.1) is 53.5 Å². The number of likely N-dealkylation sites (N-methyl/N-ethyl adjacent to an activating group) is 1. The van der Waals surface area contributed by atoms with E-state index < -0.39 is 0 Å². The van der Waals surface area contributed by atoms with Gasteiger partial charge in [0.2, 0.25) is 0 Å². The monoisotopic (exact) mass is 966 g/mol. The minimum Gasteiger partial charge on any atom is -0.307 e. The standard InChI is InChI=1S/C52H30N4O4S6/c1-2-54-48(58)36(66-52(54)62)26-32-24-34-38(28-17-9-4-10-18-28)42(30-21-13-6-14-22-30)56-44(46(34)64-32)40-39(49(56)59)43-45-33(23-31(63-45)25-35-47(57)53-51(61)65-35)37(27-15-7-3-8-16-27)41(55(43)50(40)60)29-19-11-5-12-20-29/h3-26H,2H2,1H3,(H,53,57,61)/b35-25+,36-26+.